The highest BCUT2D eigenvalue weighted by Crippen LogP contribution is 2.50. The molecule has 2 aliphatic rings. The third-order valence-electron chi connectivity index (χ3n) is 14.2. The lowest BCUT2D eigenvalue weighted by Gasteiger charge is -2.41. The molecule has 0 spiro atoms. The molecule has 0 unspecified atom stereocenters. The van der Waals surface area contributed by atoms with E-state index in [4.69, 9.17) is 5.73 Å². The number of para-hydroxylation sites is 1. The van der Waals surface area contributed by atoms with E-state index in [9.17, 15) is 0 Å². The molecule has 0 atom stereocenters. The van der Waals surface area contributed by atoms with Crippen molar-refractivity contribution in [3.8, 4) is 11.1 Å². The molecule has 0 bridgehead atoms. The van der Waals surface area contributed by atoms with Crippen molar-refractivity contribution < 1.29 is 0 Å². The SMILES string of the molecule is CC(C)(C)c1cc(N2c3cc4cc5c6ccccc6c6ccccc6c5cc4cc3B3c4c(cc(N)cc42)-c2cc4ccccc4c4c5ccccc5n3c24)cc(C(C)(C)C)c1. The van der Waals surface area contributed by atoms with E-state index in [-0.39, 0.29) is 17.7 Å². The maximum Gasteiger partial charge on any atom is 0.333 e. The van der Waals surface area contributed by atoms with Crippen LogP contribution in [0.4, 0.5) is 22.7 Å². The number of anilines is 4. The third-order valence-corrected chi connectivity index (χ3v) is 14.2. The molecule has 62 heavy (non-hydrogen) atoms. The molecule has 0 aliphatic carbocycles. The van der Waals surface area contributed by atoms with Crippen LogP contribution in [0, 0.1) is 0 Å². The summed E-state index contributed by atoms with van der Waals surface area (Å²) in [5.41, 5.74) is 21.5. The van der Waals surface area contributed by atoms with Gasteiger partial charge in [0.25, 0.3) is 0 Å². The summed E-state index contributed by atoms with van der Waals surface area (Å²) >= 11 is 0. The van der Waals surface area contributed by atoms with Gasteiger partial charge in [0.15, 0.2) is 0 Å². The average molecular weight is 796 g/mol. The van der Waals surface area contributed by atoms with Crippen molar-refractivity contribution >= 4 is 116 Å². The Kier molecular flexibility index (Phi) is 6.95. The van der Waals surface area contributed by atoms with Gasteiger partial charge in [-0.05, 0) is 147 Å². The Morgan fingerprint density at radius 3 is 1.63 bits per heavy atom. The maximum absolute atomic E-state index is 7.14. The molecule has 0 amide bonds. The van der Waals surface area contributed by atoms with Crippen LogP contribution >= 0.6 is 0 Å². The minimum Gasteiger partial charge on any atom is -0.399 e. The van der Waals surface area contributed by atoms with Gasteiger partial charge in [-0.25, -0.2) is 0 Å². The molecule has 11 aromatic rings. The second kappa shape index (κ2) is 12.1. The monoisotopic (exact) mass is 795 g/mol. The zero-order chi connectivity index (χ0) is 42.0. The largest absolute Gasteiger partial charge is 0.399 e. The standard InChI is InChI=1S/C58H46BN3/c1-57(2,3)36-28-37(58(4,5)6)30-39(29-36)61-52-27-35-25-47-44-20-12-10-18-42(44)41-17-9-11-19-43(41)46(47)24-34(35)26-50(52)59-55-48(31-38(60)32-53(55)61)49-23-33-15-7-8-16-40(33)54-45-21-13-14-22-51(45)62(59)56(49)54/h7-32H,60H2,1-6H3. The van der Waals surface area contributed by atoms with Crippen LogP contribution < -0.4 is 21.6 Å². The van der Waals surface area contributed by atoms with Crippen LogP contribution in [-0.4, -0.2) is 11.3 Å². The minimum atomic E-state index is -0.0933. The summed E-state index contributed by atoms with van der Waals surface area (Å²) in [4.78, 5) is 2.56. The van der Waals surface area contributed by atoms with Crippen LogP contribution in [0.2, 0.25) is 0 Å². The molecule has 2 N–H and O–H groups in total. The Morgan fingerprint density at radius 1 is 0.452 bits per heavy atom. The summed E-state index contributed by atoms with van der Waals surface area (Å²) in [6.45, 7) is 13.9. The number of hydrogen-bond donors (Lipinski definition) is 1. The van der Waals surface area contributed by atoms with Crippen LogP contribution in [0.1, 0.15) is 52.7 Å². The van der Waals surface area contributed by atoms with Gasteiger partial charge in [-0.15, -0.1) is 0 Å². The zero-order valence-electron chi connectivity index (χ0n) is 36.1. The Morgan fingerprint density at radius 2 is 1.00 bits per heavy atom. The zero-order valence-corrected chi connectivity index (χ0v) is 36.1. The fraction of sp³-hybridized carbons (Fsp3) is 0.138. The number of benzene rings is 10. The lowest BCUT2D eigenvalue weighted by atomic mass is 9.45. The average Bonchev–Trinajstić information content (AvgIpc) is 3.61. The van der Waals surface area contributed by atoms with Crippen molar-refractivity contribution in [3.05, 3.63) is 169 Å². The number of rotatable bonds is 1. The van der Waals surface area contributed by atoms with E-state index in [0.717, 1.165) is 11.4 Å². The quantitative estimate of drug-likeness (QED) is 0.0777. The molecule has 0 saturated heterocycles. The highest BCUT2D eigenvalue weighted by molar-refractivity contribution is 6.90. The molecule has 3 nitrogen and oxygen atoms in total. The number of nitrogens with zero attached hydrogens (tertiary/aromatic N) is 2. The number of fused-ring (bicyclic) bond motifs is 16. The summed E-state index contributed by atoms with van der Waals surface area (Å²) < 4.78 is 2.67. The fourth-order valence-corrected chi connectivity index (χ4v) is 11.3. The van der Waals surface area contributed by atoms with Crippen molar-refractivity contribution in [3.63, 3.8) is 0 Å². The summed E-state index contributed by atoms with van der Waals surface area (Å²) in [5.74, 6) is 0. The van der Waals surface area contributed by atoms with Gasteiger partial charge in [0, 0.05) is 50.1 Å². The van der Waals surface area contributed by atoms with E-state index < -0.39 is 0 Å². The Hall–Kier alpha value is -7.04. The number of nitrogen functional groups attached to an aromatic ring is 1. The van der Waals surface area contributed by atoms with Gasteiger partial charge in [-0.3, -0.25) is 0 Å². The van der Waals surface area contributed by atoms with Crippen LogP contribution in [0.15, 0.2) is 158 Å². The first-order chi connectivity index (χ1) is 29.9. The van der Waals surface area contributed by atoms with Gasteiger partial charge >= 0.3 is 6.85 Å². The first kappa shape index (κ1) is 35.7. The third kappa shape index (κ3) is 4.78. The van der Waals surface area contributed by atoms with Crippen molar-refractivity contribution in [1.82, 2.24) is 4.48 Å². The Balaban J connectivity index is 1.22. The van der Waals surface area contributed by atoms with E-state index in [1.807, 2.05) is 0 Å². The van der Waals surface area contributed by atoms with Crippen molar-refractivity contribution in [1.29, 1.82) is 0 Å². The second-order valence-corrected chi connectivity index (χ2v) is 20.0. The lowest BCUT2D eigenvalue weighted by molar-refractivity contribution is 0.569. The summed E-state index contributed by atoms with van der Waals surface area (Å²) in [5, 5.41) is 15.3. The van der Waals surface area contributed by atoms with E-state index in [2.05, 4.69) is 209 Å². The van der Waals surface area contributed by atoms with Crippen molar-refractivity contribution in [2.75, 3.05) is 10.6 Å². The van der Waals surface area contributed by atoms with E-state index in [0.29, 0.717) is 0 Å². The predicted molar refractivity (Wildman–Crippen MR) is 269 cm³/mol. The minimum absolute atomic E-state index is 0.0614. The van der Waals surface area contributed by atoms with Gasteiger partial charge in [0.2, 0.25) is 0 Å². The normalized spacial score (nSPS) is 13.6. The smallest absolute Gasteiger partial charge is 0.333 e. The van der Waals surface area contributed by atoms with E-state index in [1.165, 1.54) is 120 Å². The van der Waals surface area contributed by atoms with E-state index >= 15 is 0 Å². The molecule has 0 radical (unpaired) electrons. The summed E-state index contributed by atoms with van der Waals surface area (Å²) in [6, 6.07) is 59.9. The first-order valence-electron chi connectivity index (χ1n) is 22.1. The molecule has 2 aliphatic heterocycles. The molecule has 0 saturated carbocycles. The van der Waals surface area contributed by atoms with Gasteiger partial charge in [-0.1, -0.05) is 145 Å². The van der Waals surface area contributed by atoms with Crippen LogP contribution in [0.3, 0.4) is 0 Å². The lowest BCUT2D eigenvalue weighted by Crippen LogP contribution is -2.56. The number of nitrogens with two attached hydrogens (primary N) is 1. The topological polar surface area (TPSA) is 34.2 Å². The highest BCUT2D eigenvalue weighted by Gasteiger charge is 2.44. The van der Waals surface area contributed by atoms with Crippen LogP contribution in [0.5, 0.6) is 0 Å². The fourth-order valence-electron chi connectivity index (χ4n) is 11.3. The summed E-state index contributed by atoms with van der Waals surface area (Å²) in [6.07, 6.45) is 0. The maximum atomic E-state index is 7.14. The van der Waals surface area contributed by atoms with Crippen molar-refractivity contribution in [2.45, 2.75) is 52.4 Å². The van der Waals surface area contributed by atoms with E-state index in [1.54, 1.807) is 0 Å². The van der Waals surface area contributed by atoms with Crippen LogP contribution in [-0.2, 0) is 10.8 Å². The molecule has 13 rings (SSSR count). The van der Waals surface area contributed by atoms with Gasteiger partial charge < -0.3 is 15.1 Å². The molecule has 296 valence electrons. The predicted octanol–water partition coefficient (Wildman–Crippen LogP) is 14.2. The molecule has 10 aromatic carbocycles. The second-order valence-electron chi connectivity index (χ2n) is 20.0. The number of hydrogen-bond acceptors (Lipinski definition) is 2. The van der Waals surface area contributed by atoms with Gasteiger partial charge in [0.05, 0.1) is 0 Å². The molecule has 1 aromatic heterocycles. The van der Waals surface area contributed by atoms with Gasteiger partial charge in [-0.2, -0.15) is 0 Å². The first-order valence-corrected chi connectivity index (χ1v) is 22.1. The van der Waals surface area contributed by atoms with Gasteiger partial charge in [0.1, 0.15) is 0 Å². The highest BCUT2D eigenvalue weighted by atomic mass is 15.2. The summed E-state index contributed by atoms with van der Waals surface area (Å²) in [7, 11) is 0. The van der Waals surface area contributed by atoms with Crippen LogP contribution in [0.25, 0.3) is 86.8 Å². The molecular weight excluding hydrogens is 749 g/mol. The van der Waals surface area contributed by atoms with Crippen molar-refractivity contribution in [2.24, 2.45) is 0 Å². The molecule has 0 fully saturated rings. The Bertz CT molecular complexity index is 3770. The molecule has 4 heteroatoms. The molecular formula is C58H46BN3. The molecule has 3 heterocycles. The Labute approximate surface area is 362 Å². The number of aromatic nitrogens is 1.